The third-order valence-corrected chi connectivity index (χ3v) is 20.5. The normalized spacial score (nSPS) is 54.1. The van der Waals surface area contributed by atoms with Crippen molar-refractivity contribution in [1.82, 2.24) is 0 Å². The largest absolute Gasteiger partial charge is 0.400 e. The van der Waals surface area contributed by atoms with Crippen molar-refractivity contribution in [2.45, 2.75) is 183 Å². The number of hydrogen-bond donors (Lipinski definition) is 0. The topological polar surface area (TPSA) is 52.6 Å². The Labute approximate surface area is 302 Å². The van der Waals surface area contributed by atoms with Crippen molar-refractivity contribution in [3.63, 3.8) is 0 Å². The molecule has 0 aromatic carbocycles. The highest BCUT2D eigenvalue weighted by molar-refractivity contribution is 7.81. The van der Waals surface area contributed by atoms with Gasteiger partial charge in [0.25, 0.3) is 0 Å². The van der Waals surface area contributed by atoms with Crippen LogP contribution in [0.1, 0.15) is 171 Å². The minimum Gasteiger partial charge on any atom is -0.245 e. The van der Waals surface area contributed by atoms with Gasteiger partial charge in [0.2, 0.25) is 0 Å². The minimum absolute atomic E-state index is 0.216. The number of fused-ring (bicyclic) bond motifs is 10. The van der Waals surface area contributed by atoms with E-state index in [0.29, 0.717) is 33.5 Å². The lowest BCUT2D eigenvalue weighted by atomic mass is 9.44. The van der Waals surface area contributed by atoms with Gasteiger partial charge in [0, 0.05) is 0 Å². The van der Waals surface area contributed by atoms with E-state index in [1.807, 2.05) is 0 Å². The van der Waals surface area contributed by atoms with Gasteiger partial charge in [-0.15, -0.1) is 0 Å². The first-order valence-corrected chi connectivity index (χ1v) is 23.0. The lowest BCUT2D eigenvalue weighted by Crippen LogP contribution is -2.54. The molecule has 4 nitrogen and oxygen atoms in total. The highest BCUT2D eigenvalue weighted by atomic mass is 32.3. The molecular formula is C44H74O4S. The van der Waals surface area contributed by atoms with Gasteiger partial charge >= 0.3 is 10.4 Å². The smallest absolute Gasteiger partial charge is 0.245 e. The quantitative estimate of drug-likeness (QED) is 0.277. The van der Waals surface area contributed by atoms with Crippen molar-refractivity contribution in [3.8, 4) is 0 Å². The third-order valence-electron chi connectivity index (χ3n) is 19.5. The zero-order chi connectivity index (χ0) is 34.7. The predicted octanol–water partition coefficient (Wildman–Crippen LogP) is 11.6. The van der Waals surface area contributed by atoms with Crippen LogP contribution in [-0.2, 0) is 18.8 Å². The van der Waals surface area contributed by atoms with Gasteiger partial charge in [-0.2, -0.15) is 8.42 Å². The molecule has 0 saturated heterocycles. The molecule has 5 heteroatoms. The van der Waals surface area contributed by atoms with E-state index in [1.165, 1.54) is 77.0 Å². The fourth-order valence-corrected chi connectivity index (χ4v) is 18.3. The van der Waals surface area contributed by atoms with E-state index >= 15 is 0 Å². The Balaban J connectivity index is 0.868. The Morgan fingerprint density at radius 2 is 0.837 bits per heavy atom. The Hall–Kier alpha value is -0.130. The number of hydrogen-bond acceptors (Lipinski definition) is 4. The maximum absolute atomic E-state index is 13.6. The Kier molecular flexibility index (Phi) is 9.12. The second-order valence-electron chi connectivity index (χ2n) is 21.7. The molecule has 0 N–H and O–H groups in total. The summed E-state index contributed by atoms with van der Waals surface area (Å²) in [5.41, 5.74) is 1.74. The van der Waals surface area contributed by atoms with Gasteiger partial charge in [-0.05, 0) is 208 Å². The van der Waals surface area contributed by atoms with Crippen LogP contribution in [-0.4, -0.2) is 20.6 Å². The summed E-state index contributed by atoms with van der Waals surface area (Å²) in [6, 6.07) is 0. The van der Waals surface area contributed by atoms with E-state index in [9.17, 15) is 8.42 Å². The average Bonchev–Trinajstić information content (AvgIpc) is 3.58. The van der Waals surface area contributed by atoms with Crippen molar-refractivity contribution in [3.05, 3.63) is 0 Å². The van der Waals surface area contributed by atoms with Gasteiger partial charge in [-0.1, -0.05) is 55.4 Å². The molecule has 16 atom stereocenters. The van der Waals surface area contributed by atoms with Crippen LogP contribution in [0.2, 0.25) is 0 Å². The van der Waals surface area contributed by atoms with Crippen LogP contribution in [0.25, 0.3) is 0 Å². The molecular weight excluding hydrogens is 625 g/mol. The summed E-state index contributed by atoms with van der Waals surface area (Å²) in [5.74, 6) is 9.65. The van der Waals surface area contributed by atoms with Crippen LogP contribution in [0.15, 0.2) is 0 Å². The van der Waals surface area contributed by atoms with Gasteiger partial charge < -0.3 is 0 Å². The summed E-state index contributed by atoms with van der Waals surface area (Å²) in [6.45, 7) is 20.3. The first kappa shape index (κ1) is 35.9. The fraction of sp³-hybridized carbons (Fsp3) is 1.00. The van der Waals surface area contributed by atoms with E-state index in [4.69, 9.17) is 8.37 Å². The second kappa shape index (κ2) is 12.5. The number of rotatable bonds is 6. The Morgan fingerprint density at radius 3 is 1.22 bits per heavy atom. The predicted molar refractivity (Wildman–Crippen MR) is 199 cm³/mol. The van der Waals surface area contributed by atoms with Crippen LogP contribution in [0.4, 0.5) is 0 Å². The molecule has 0 aliphatic heterocycles. The molecule has 8 rings (SSSR count). The summed E-state index contributed by atoms with van der Waals surface area (Å²) >= 11 is 0. The van der Waals surface area contributed by atoms with Gasteiger partial charge in [-0.25, -0.2) is 8.37 Å². The summed E-state index contributed by atoms with van der Waals surface area (Å²) in [4.78, 5) is 0. The third kappa shape index (κ3) is 5.62. The van der Waals surface area contributed by atoms with Gasteiger partial charge in [0.15, 0.2) is 0 Å². The molecule has 0 bridgehead atoms. The average molecular weight is 699 g/mol. The van der Waals surface area contributed by atoms with Crippen LogP contribution in [0.5, 0.6) is 0 Å². The van der Waals surface area contributed by atoms with E-state index in [0.717, 1.165) is 97.7 Å². The molecule has 0 aromatic rings. The van der Waals surface area contributed by atoms with E-state index in [2.05, 4.69) is 55.4 Å². The lowest BCUT2D eigenvalue weighted by Gasteiger charge is -2.61. The summed E-state index contributed by atoms with van der Waals surface area (Å²) in [6.07, 6.45) is 21.8. The summed E-state index contributed by atoms with van der Waals surface area (Å²) < 4.78 is 39.1. The Morgan fingerprint density at radius 1 is 0.469 bits per heavy atom. The maximum Gasteiger partial charge on any atom is 0.400 e. The van der Waals surface area contributed by atoms with Gasteiger partial charge in [0.05, 0.1) is 12.2 Å². The van der Waals surface area contributed by atoms with E-state index in [1.54, 1.807) is 0 Å². The van der Waals surface area contributed by atoms with Crippen molar-refractivity contribution in [1.29, 1.82) is 0 Å². The molecule has 0 amide bonds. The molecule has 0 spiro atoms. The van der Waals surface area contributed by atoms with Crippen LogP contribution in [0.3, 0.4) is 0 Å². The summed E-state index contributed by atoms with van der Waals surface area (Å²) in [5, 5.41) is 0. The summed E-state index contributed by atoms with van der Waals surface area (Å²) in [7, 11) is -4.01. The van der Waals surface area contributed by atoms with Crippen molar-refractivity contribution in [2.24, 2.45) is 92.7 Å². The maximum atomic E-state index is 13.6. The van der Waals surface area contributed by atoms with Crippen LogP contribution < -0.4 is 0 Å². The molecule has 8 saturated carbocycles. The standard InChI is InChI=1S/C44H74O4S/c1-27(2)35-13-15-37-33-11-9-29-25-31(17-21-41(29,5)39(33)19-23-43(35,37)7)47-49(45,46)48-32-18-22-42(6)30(26-32)10-12-34-38-16-14-36(28(3)4)44(38,8)24-20-40(34)42/h27-40H,9-26H2,1-8H3/t29-,30-,31-,32-,33+,34+,35-,36-,37+,38+,39+,40+,41+,42+,43-,44-/m1/s1. The van der Waals surface area contributed by atoms with Crippen LogP contribution >= 0.6 is 0 Å². The first-order chi connectivity index (χ1) is 23.1. The highest BCUT2D eigenvalue weighted by Gasteiger charge is 2.62. The zero-order valence-electron chi connectivity index (χ0n) is 32.9. The minimum atomic E-state index is -4.01. The molecule has 0 heterocycles. The van der Waals surface area contributed by atoms with Gasteiger partial charge in [0.1, 0.15) is 0 Å². The Bertz CT molecular complexity index is 1250. The molecule has 280 valence electrons. The van der Waals surface area contributed by atoms with Crippen molar-refractivity contribution in [2.75, 3.05) is 0 Å². The second-order valence-corrected chi connectivity index (χ2v) is 22.9. The molecule has 8 fully saturated rings. The van der Waals surface area contributed by atoms with Crippen molar-refractivity contribution < 1.29 is 16.8 Å². The molecule has 49 heavy (non-hydrogen) atoms. The van der Waals surface area contributed by atoms with Crippen LogP contribution in [0, 0.1) is 92.7 Å². The first-order valence-electron chi connectivity index (χ1n) is 21.7. The SMILES string of the molecule is CC(C)[C@H]1CC[C@H]2[C@@H]3CC[C@@H]4C[C@H](OS(=O)(=O)O[C@@H]5CC[C@@]6(C)[C@H](CC[C@@H]7[C@@H]6CC[C@]6(C)[C@@H](C(C)C)CC[C@@H]76)C5)CC[C@]4(C)[C@H]3CC[C@]12C. The fourth-order valence-electron chi connectivity index (χ4n) is 17.2. The molecule has 0 radical (unpaired) electrons. The van der Waals surface area contributed by atoms with E-state index in [-0.39, 0.29) is 12.2 Å². The van der Waals surface area contributed by atoms with Gasteiger partial charge in [-0.3, -0.25) is 0 Å². The van der Waals surface area contributed by atoms with E-state index < -0.39 is 10.4 Å². The molecule has 8 aliphatic carbocycles. The molecule has 0 aromatic heterocycles. The molecule has 0 unspecified atom stereocenters. The molecule has 8 aliphatic rings. The highest BCUT2D eigenvalue weighted by Crippen LogP contribution is 2.70. The zero-order valence-corrected chi connectivity index (χ0v) is 33.7. The monoisotopic (exact) mass is 699 g/mol. The lowest BCUT2D eigenvalue weighted by molar-refractivity contribution is -0.130. The van der Waals surface area contributed by atoms with Crippen molar-refractivity contribution >= 4 is 10.4 Å².